The molecule has 0 fully saturated rings. The first kappa shape index (κ1) is 14.0. The predicted octanol–water partition coefficient (Wildman–Crippen LogP) is 4.20. The van der Waals surface area contributed by atoms with Crippen LogP contribution in [-0.2, 0) is 0 Å². The number of carboxylic acid groups (broad SMARTS) is 1. The summed E-state index contributed by atoms with van der Waals surface area (Å²) in [5.74, 6) is -0.338. The highest BCUT2D eigenvalue weighted by molar-refractivity contribution is 9.10. The Morgan fingerprint density at radius 3 is 2.81 bits per heavy atom. The molecule has 0 atom stereocenters. The number of fused-ring (bicyclic) bond motifs is 1. The van der Waals surface area contributed by atoms with Crippen molar-refractivity contribution in [2.45, 2.75) is 6.92 Å². The summed E-state index contributed by atoms with van der Waals surface area (Å²) in [6.45, 7) is 1.77. The zero-order chi connectivity index (χ0) is 15.0. The van der Waals surface area contributed by atoms with Crippen molar-refractivity contribution in [1.82, 2.24) is 9.97 Å². The summed E-state index contributed by atoms with van der Waals surface area (Å²) in [5.41, 5.74) is 1.54. The van der Waals surface area contributed by atoms with Gasteiger partial charge in [-0.1, -0.05) is 12.1 Å². The van der Waals surface area contributed by atoms with Crippen LogP contribution in [0.1, 0.15) is 15.2 Å². The molecule has 106 valence electrons. The largest absolute Gasteiger partial charge is 0.477 e. The van der Waals surface area contributed by atoms with Crippen molar-refractivity contribution in [1.29, 1.82) is 0 Å². The van der Waals surface area contributed by atoms with Gasteiger partial charge < -0.3 is 10.4 Å². The summed E-state index contributed by atoms with van der Waals surface area (Å²) >= 11 is 4.63. The number of carbonyl (C=O) groups is 1. The minimum atomic E-state index is -0.942. The number of aromatic nitrogens is 2. The maximum atomic E-state index is 11.2. The predicted molar refractivity (Wildman–Crippen MR) is 86.5 cm³/mol. The quantitative estimate of drug-likeness (QED) is 0.728. The molecule has 2 heterocycles. The van der Waals surface area contributed by atoms with Gasteiger partial charge in [0.05, 0.1) is 11.1 Å². The number of rotatable bonds is 3. The number of nitrogens with one attached hydrogen (secondary N) is 1. The molecule has 0 saturated heterocycles. The van der Waals surface area contributed by atoms with E-state index in [1.807, 2.05) is 24.3 Å². The minimum Gasteiger partial charge on any atom is -0.477 e. The molecule has 0 unspecified atom stereocenters. The Morgan fingerprint density at radius 1 is 1.33 bits per heavy atom. The first-order chi connectivity index (χ1) is 10.1. The fourth-order valence-corrected chi connectivity index (χ4v) is 3.43. The summed E-state index contributed by atoms with van der Waals surface area (Å²) in [6, 6.07) is 7.67. The van der Waals surface area contributed by atoms with E-state index in [9.17, 15) is 9.90 Å². The van der Waals surface area contributed by atoms with Gasteiger partial charge in [-0.15, -0.1) is 11.3 Å². The number of benzene rings is 1. The molecule has 0 spiro atoms. The SMILES string of the molecule is Cc1c(C(=O)O)sc2ncnc(Nc3ccccc3Br)c12. The van der Waals surface area contributed by atoms with E-state index in [-0.39, 0.29) is 0 Å². The van der Waals surface area contributed by atoms with Crippen LogP contribution >= 0.6 is 27.3 Å². The molecular weight excluding hydrogens is 354 g/mol. The topological polar surface area (TPSA) is 75.1 Å². The Labute approximate surface area is 132 Å². The van der Waals surface area contributed by atoms with E-state index >= 15 is 0 Å². The molecule has 1 aromatic carbocycles. The number of aromatic carboxylic acids is 1. The van der Waals surface area contributed by atoms with Gasteiger partial charge >= 0.3 is 5.97 Å². The van der Waals surface area contributed by atoms with Crippen molar-refractivity contribution in [2.75, 3.05) is 5.32 Å². The summed E-state index contributed by atoms with van der Waals surface area (Å²) < 4.78 is 0.906. The molecule has 7 heteroatoms. The molecule has 0 radical (unpaired) electrons. The van der Waals surface area contributed by atoms with E-state index < -0.39 is 5.97 Å². The smallest absolute Gasteiger partial charge is 0.346 e. The second kappa shape index (κ2) is 5.42. The molecule has 5 nitrogen and oxygen atoms in total. The lowest BCUT2D eigenvalue weighted by molar-refractivity contribution is 0.0701. The van der Waals surface area contributed by atoms with Gasteiger partial charge in [-0.25, -0.2) is 14.8 Å². The normalized spacial score (nSPS) is 10.8. The molecule has 0 bridgehead atoms. The lowest BCUT2D eigenvalue weighted by Gasteiger charge is -2.08. The third-order valence-corrected chi connectivity index (χ3v) is 4.93. The Hall–Kier alpha value is -1.99. The molecule has 0 aliphatic rings. The van der Waals surface area contributed by atoms with E-state index in [1.165, 1.54) is 6.33 Å². The zero-order valence-corrected chi connectivity index (χ0v) is 13.3. The van der Waals surface area contributed by atoms with Crippen LogP contribution in [0.15, 0.2) is 35.1 Å². The molecule has 3 aromatic rings. The van der Waals surface area contributed by atoms with E-state index in [0.717, 1.165) is 26.9 Å². The van der Waals surface area contributed by atoms with Crippen molar-refractivity contribution in [3.05, 3.63) is 45.5 Å². The van der Waals surface area contributed by atoms with E-state index in [0.29, 0.717) is 21.1 Å². The van der Waals surface area contributed by atoms with Crippen molar-refractivity contribution in [3.8, 4) is 0 Å². The first-order valence-electron chi connectivity index (χ1n) is 6.07. The van der Waals surface area contributed by atoms with Gasteiger partial charge in [-0.3, -0.25) is 0 Å². The number of halogens is 1. The van der Waals surface area contributed by atoms with Crippen molar-refractivity contribution in [2.24, 2.45) is 0 Å². The van der Waals surface area contributed by atoms with Crippen LogP contribution in [0, 0.1) is 6.92 Å². The van der Waals surface area contributed by atoms with Crippen LogP contribution in [0.25, 0.3) is 10.2 Å². The number of carboxylic acids is 1. The average molecular weight is 364 g/mol. The van der Waals surface area contributed by atoms with Gasteiger partial charge in [0.2, 0.25) is 0 Å². The van der Waals surface area contributed by atoms with Crippen molar-refractivity contribution in [3.63, 3.8) is 0 Å². The van der Waals surface area contributed by atoms with Gasteiger partial charge in [0.15, 0.2) is 0 Å². The molecule has 0 aliphatic heterocycles. The molecule has 0 amide bonds. The molecular formula is C14H10BrN3O2S. The maximum absolute atomic E-state index is 11.2. The van der Waals surface area contributed by atoms with Crippen LogP contribution in [-0.4, -0.2) is 21.0 Å². The molecule has 2 N–H and O–H groups in total. The second-order valence-electron chi connectivity index (χ2n) is 4.37. The number of hydrogen-bond acceptors (Lipinski definition) is 5. The second-order valence-corrected chi connectivity index (χ2v) is 6.22. The number of aryl methyl sites for hydroxylation is 1. The standard InChI is InChI=1S/C14H10BrN3O2S/c1-7-10-12(18-9-5-3-2-4-8(9)15)16-6-17-13(10)21-11(7)14(19)20/h2-6H,1H3,(H,19,20)(H,16,17,18). The Kier molecular flexibility index (Phi) is 3.60. The zero-order valence-electron chi connectivity index (χ0n) is 10.9. The van der Waals surface area contributed by atoms with Crippen LogP contribution in [0.5, 0.6) is 0 Å². The van der Waals surface area contributed by atoms with Gasteiger partial charge in [0, 0.05) is 4.47 Å². The molecule has 0 aliphatic carbocycles. The molecule has 2 aromatic heterocycles. The highest BCUT2D eigenvalue weighted by atomic mass is 79.9. The van der Waals surface area contributed by atoms with Crippen molar-refractivity contribution < 1.29 is 9.90 Å². The number of thiophene rings is 1. The maximum Gasteiger partial charge on any atom is 0.346 e. The minimum absolute atomic E-state index is 0.292. The highest BCUT2D eigenvalue weighted by Crippen LogP contribution is 2.35. The Bertz CT molecular complexity index is 847. The monoisotopic (exact) mass is 363 g/mol. The average Bonchev–Trinajstić information content (AvgIpc) is 2.80. The summed E-state index contributed by atoms with van der Waals surface area (Å²) in [4.78, 5) is 20.6. The fraction of sp³-hybridized carbons (Fsp3) is 0.0714. The van der Waals surface area contributed by atoms with Crippen LogP contribution in [0.4, 0.5) is 11.5 Å². The lowest BCUT2D eigenvalue weighted by Crippen LogP contribution is -1.97. The lowest BCUT2D eigenvalue weighted by atomic mass is 10.2. The van der Waals surface area contributed by atoms with Gasteiger partial charge in [-0.05, 0) is 40.5 Å². The molecule has 0 saturated carbocycles. The highest BCUT2D eigenvalue weighted by Gasteiger charge is 2.18. The molecule has 21 heavy (non-hydrogen) atoms. The molecule has 3 rings (SSSR count). The number of hydrogen-bond donors (Lipinski definition) is 2. The fourth-order valence-electron chi connectivity index (χ4n) is 2.06. The van der Waals surface area contributed by atoms with Gasteiger partial charge in [0.25, 0.3) is 0 Å². The number of para-hydroxylation sites is 1. The van der Waals surface area contributed by atoms with Crippen molar-refractivity contribution >= 4 is 55.0 Å². The van der Waals surface area contributed by atoms with E-state index in [2.05, 4.69) is 31.2 Å². The number of nitrogens with zero attached hydrogens (tertiary/aromatic N) is 2. The van der Waals surface area contributed by atoms with Crippen LogP contribution < -0.4 is 5.32 Å². The third kappa shape index (κ3) is 2.50. The van der Waals surface area contributed by atoms with E-state index in [1.54, 1.807) is 6.92 Å². The van der Waals surface area contributed by atoms with Crippen LogP contribution in [0.2, 0.25) is 0 Å². The summed E-state index contributed by atoms with van der Waals surface area (Å²) in [5, 5.41) is 13.2. The Balaban J connectivity index is 2.15. The van der Waals surface area contributed by atoms with Gasteiger partial charge in [-0.2, -0.15) is 0 Å². The summed E-state index contributed by atoms with van der Waals surface area (Å²) in [7, 11) is 0. The number of anilines is 2. The Morgan fingerprint density at radius 2 is 2.10 bits per heavy atom. The van der Waals surface area contributed by atoms with E-state index in [4.69, 9.17) is 0 Å². The summed E-state index contributed by atoms with van der Waals surface area (Å²) in [6.07, 6.45) is 1.43. The third-order valence-electron chi connectivity index (χ3n) is 3.05. The van der Waals surface area contributed by atoms with Gasteiger partial charge in [0.1, 0.15) is 21.9 Å². The first-order valence-corrected chi connectivity index (χ1v) is 7.68. The van der Waals surface area contributed by atoms with Crippen LogP contribution in [0.3, 0.4) is 0 Å².